The first-order chi connectivity index (χ1) is 11.6. The van der Waals surface area contributed by atoms with Gasteiger partial charge in [-0.15, -0.1) is 11.3 Å². The highest BCUT2D eigenvalue weighted by atomic mass is 32.1. The van der Waals surface area contributed by atoms with E-state index in [4.69, 9.17) is 4.74 Å². The minimum absolute atomic E-state index is 0.0730. The average Bonchev–Trinajstić information content (AvgIpc) is 3.02. The number of piperidine rings is 1. The number of carbonyl (C=O) groups is 1. The van der Waals surface area contributed by atoms with Gasteiger partial charge in [0, 0.05) is 24.5 Å². The van der Waals surface area contributed by atoms with E-state index in [1.807, 2.05) is 18.3 Å². The molecule has 1 aliphatic rings. The molecule has 1 aliphatic heterocycles. The number of carbonyl (C=O) groups excluding carboxylic acids is 1. The fraction of sp³-hybridized carbons (Fsp3) is 0.444. The number of anilines is 1. The zero-order valence-corrected chi connectivity index (χ0v) is 14.9. The molecule has 24 heavy (non-hydrogen) atoms. The minimum atomic E-state index is -0.0730. The summed E-state index contributed by atoms with van der Waals surface area (Å²) in [5, 5.41) is 3.43. The van der Waals surface area contributed by atoms with E-state index in [1.165, 1.54) is 30.2 Å². The van der Waals surface area contributed by atoms with Gasteiger partial charge in [-0.05, 0) is 49.5 Å². The smallest absolute Gasteiger partial charge is 0.223 e. The number of nitrogens with zero attached hydrogens (tertiary/aromatic N) is 2. The van der Waals surface area contributed by atoms with Gasteiger partial charge in [-0.25, -0.2) is 4.98 Å². The van der Waals surface area contributed by atoms with E-state index in [0.717, 1.165) is 25.4 Å². The number of ether oxygens (including phenoxy) is 1. The van der Waals surface area contributed by atoms with Crippen LogP contribution in [0, 0.1) is 0 Å². The summed E-state index contributed by atoms with van der Waals surface area (Å²) >= 11 is 1.56. The van der Waals surface area contributed by atoms with E-state index in [0.29, 0.717) is 11.0 Å². The van der Waals surface area contributed by atoms with Crippen molar-refractivity contribution in [3.8, 4) is 5.75 Å². The lowest BCUT2D eigenvalue weighted by Crippen LogP contribution is -2.32. The van der Waals surface area contributed by atoms with Gasteiger partial charge in [-0.3, -0.25) is 9.69 Å². The minimum Gasteiger partial charge on any atom is -0.497 e. The topological polar surface area (TPSA) is 54.5 Å². The molecule has 1 fully saturated rings. The molecule has 6 heteroatoms. The second-order valence-electron chi connectivity index (χ2n) is 6.14. The van der Waals surface area contributed by atoms with Crippen molar-refractivity contribution in [3.05, 3.63) is 40.9 Å². The number of likely N-dealkylation sites (tertiary alicyclic amines) is 1. The Morgan fingerprint density at radius 3 is 2.67 bits per heavy atom. The molecule has 1 amide bonds. The molecule has 0 atom stereocenters. The molecule has 1 saturated heterocycles. The lowest BCUT2D eigenvalue weighted by molar-refractivity contribution is -0.114. The second-order valence-corrected chi connectivity index (χ2v) is 7.25. The van der Waals surface area contributed by atoms with E-state index in [9.17, 15) is 4.79 Å². The molecule has 1 aromatic heterocycles. The molecule has 3 rings (SSSR count). The van der Waals surface area contributed by atoms with E-state index in [2.05, 4.69) is 27.3 Å². The molecular formula is C18H23N3O2S. The van der Waals surface area contributed by atoms with Crippen LogP contribution in [0.15, 0.2) is 30.5 Å². The van der Waals surface area contributed by atoms with Gasteiger partial charge in [0.25, 0.3) is 0 Å². The molecule has 0 unspecified atom stereocenters. The van der Waals surface area contributed by atoms with Gasteiger partial charge >= 0.3 is 0 Å². The highest BCUT2D eigenvalue weighted by molar-refractivity contribution is 7.15. The highest BCUT2D eigenvalue weighted by Crippen LogP contribution is 2.30. The molecule has 0 spiro atoms. The Balaban J connectivity index is 1.51. The summed E-state index contributed by atoms with van der Waals surface area (Å²) in [6.45, 7) is 4.59. The van der Waals surface area contributed by atoms with Crippen molar-refractivity contribution in [3.63, 3.8) is 0 Å². The van der Waals surface area contributed by atoms with E-state index in [-0.39, 0.29) is 5.91 Å². The number of thiazole rings is 1. The molecule has 0 bridgehead atoms. The fourth-order valence-corrected chi connectivity index (χ4v) is 4.01. The van der Waals surface area contributed by atoms with Crippen molar-refractivity contribution in [2.45, 2.75) is 32.2 Å². The average molecular weight is 345 g/mol. The highest BCUT2D eigenvalue weighted by Gasteiger charge is 2.21. The number of methoxy groups -OCH3 is 1. The quantitative estimate of drug-likeness (QED) is 0.901. The number of hydrogen-bond acceptors (Lipinski definition) is 5. The van der Waals surface area contributed by atoms with Gasteiger partial charge in [-0.1, -0.05) is 12.1 Å². The van der Waals surface area contributed by atoms with Gasteiger partial charge in [0.2, 0.25) is 5.91 Å². The van der Waals surface area contributed by atoms with E-state index in [1.54, 1.807) is 18.4 Å². The normalized spacial score (nSPS) is 16.1. The fourth-order valence-electron chi connectivity index (χ4n) is 3.11. The summed E-state index contributed by atoms with van der Waals surface area (Å²) in [5.41, 5.74) is 1.40. The Morgan fingerprint density at radius 2 is 2.04 bits per heavy atom. The third kappa shape index (κ3) is 4.33. The summed E-state index contributed by atoms with van der Waals surface area (Å²) in [7, 11) is 1.70. The predicted octanol–water partition coefficient (Wildman–Crippen LogP) is 3.49. The van der Waals surface area contributed by atoms with Crippen LogP contribution < -0.4 is 10.1 Å². The van der Waals surface area contributed by atoms with E-state index >= 15 is 0 Å². The first-order valence-electron chi connectivity index (χ1n) is 8.22. The van der Waals surface area contributed by atoms with Gasteiger partial charge in [0.15, 0.2) is 5.13 Å². The van der Waals surface area contributed by atoms with Crippen LogP contribution >= 0.6 is 11.3 Å². The number of hydrogen-bond donors (Lipinski definition) is 1. The third-order valence-electron chi connectivity index (χ3n) is 4.39. The molecule has 1 N–H and O–H groups in total. The van der Waals surface area contributed by atoms with Crippen LogP contribution in [0.4, 0.5) is 5.13 Å². The van der Waals surface area contributed by atoms with Crippen molar-refractivity contribution >= 4 is 22.4 Å². The summed E-state index contributed by atoms with van der Waals surface area (Å²) in [4.78, 5) is 19.0. The van der Waals surface area contributed by atoms with Gasteiger partial charge < -0.3 is 10.1 Å². The zero-order valence-electron chi connectivity index (χ0n) is 14.1. The number of benzene rings is 1. The summed E-state index contributed by atoms with van der Waals surface area (Å²) in [6.07, 6.45) is 4.21. The molecule has 5 nitrogen and oxygen atoms in total. The molecule has 128 valence electrons. The van der Waals surface area contributed by atoms with Crippen molar-refractivity contribution in [1.82, 2.24) is 9.88 Å². The molecule has 0 aliphatic carbocycles. The Kier molecular flexibility index (Phi) is 5.48. The number of rotatable bonds is 5. The lowest BCUT2D eigenvalue weighted by atomic mass is 9.89. The Bertz CT molecular complexity index is 676. The zero-order chi connectivity index (χ0) is 16.9. The maximum absolute atomic E-state index is 11.1. The van der Waals surface area contributed by atoms with Crippen molar-refractivity contribution in [1.29, 1.82) is 0 Å². The van der Waals surface area contributed by atoms with Gasteiger partial charge in [0.1, 0.15) is 5.75 Å². The van der Waals surface area contributed by atoms with Crippen molar-refractivity contribution < 1.29 is 9.53 Å². The van der Waals surface area contributed by atoms with Crippen molar-refractivity contribution in [2.75, 3.05) is 25.5 Å². The Labute approximate surface area is 146 Å². The molecule has 1 aromatic carbocycles. The Morgan fingerprint density at radius 1 is 1.33 bits per heavy atom. The monoisotopic (exact) mass is 345 g/mol. The predicted molar refractivity (Wildman–Crippen MR) is 96.7 cm³/mol. The summed E-state index contributed by atoms with van der Waals surface area (Å²) in [5.74, 6) is 1.47. The number of aromatic nitrogens is 1. The van der Waals surface area contributed by atoms with Gasteiger partial charge in [-0.2, -0.15) is 0 Å². The molecule has 2 aromatic rings. The molecule has 2 heterocycles. The van der Waals surface area contributed by atoms with Crippen molar-refractivity contribution in [2.24, 2.45) is 0 Å². The lowest BCUT2D eigenvalue weighted by Gasteiger charge is -2.31. The first kappa shape index (κ1) is 16.9. The number of nitrogens with one attached hydrogen (secondary N) is 1. The molecular weight excluding hydrogens is 322 g/mol. The summed E-state index contributed by atoms with van der Waals surface area (Å²) < 4.78 is 5.23. The van der Waals surface area contributed by atoms with Crippen LogP contribution in [0.5, 0.6) is 5.75 Å². The second kappa shape index (κ2) is 7.77. The third-order valence-corrected chi connectivity index (χ3v) is 5.29. The van der Waals surface area contributed by atoms with Crippen LogP contribution in [0.3, 0.4) is 0 Å². The van der Waals surface area contributed by atoms with Crippen LogP contribution in [0.2, 0.25) is 0 Å². The first-order valence-corrected chi connectivity index (χ1v) is 9.04. The number of amides is 1. The van der Waals surface area contributed by atoms with E-state index < -0.39 is 0 Å². The Hall–Kier alpha value is -1.92. The summed E-state index contributed by atoms with van der Waals surface area (Å²) in [6, 6.07) is 8.45. The molecule has 0 radical (unpaired) electrons. The standard InChI is InChI=1S/C18H23N3O2S/c1-13(22)20-18-19-11-17(24-18)12-21-9-7-15(8-10-21)14-3-5-16(23-2)6-4-14/h3-6,11,15H,7-10,12H2,1-2H3,(H,19,20,22). The largest absolute Gasteiger partial charge is 0.497 e. The van der Waals surface area contributed by atoms with Crippen LogP contribution in [-0.2, 0) is 11.3 Å². The maximum atomic E-state index is 11.1. The SMILES string of the molecule is COc1ccc(C2CCN(Cc3cnc(NC(C)=O)s3)CC2)cc1. The molecule has 0 saturated carbocycles. The van der Waals surface area contributed by atoms with Crippen LogP contribution in [0.25, 0.3) is 0 Å². The van der Waals surface area contributed by atoms with Gasteiger partial charge in [0.05, 0.1) is 7.11 Å². The maximum Gasteiger partial charge on any atom is 0.223 e. The van der Waals surface area contributed by atoms with Crippen LogP contribution in [0.1, 0.15) is 36.1 Å². The van der Waals surface area contributed by atoms with Crippen LogP contribution in [-0.4, -0.2) is 36.0 Å².